The summed E-state index contributed by atoms with van der Waals surface area (Å²) in [6, 6.07) is 8.60. The highest BCUT2D eigenvalue weighted by molar-refractivity contribution is 5.79. The number of hydrogen-bond donors (Lipinski definition) is 2. The summed E-state index contributed by atoms with van der Waals surface area (Å²) >= 11 is 0. The molecule has 0 amide bonds. The number of guanidine groups is 1. The van der Waals surface area contributed by atoms with Gasteiger partial charge in [0.05, 0.1) is 26.0 Å². The van der Waals surface area contributed by atoms with Gasteiger partial charge in [-0.2, -0.15) is 5.10 Å². The summed E-state index contributed by atoms with van der Waals surface area (Å²) in [7, 11) is 1.80. The Hall–Kier alpha value is -2.38. The molecule has 0 radical (unpaired) electrons. The van der Waals surface area contributed by atoms with E-state index in [0.29, 0.717) is 0 Å². The lowest BCUT2D eigenvalue weighted by atomic mass is 10.1. The molecule has 1 aliphatic rings. The van der Waals surface area contributed by atoms with E-state index in [-0.39, 0.29) is 0 Å². The van der Waals surface area contributed by atoms with Crippen molar-refractivity contribution in [2.45, 2.75) is 26.6 Å². The maximum atomic E-state index is 5.45. The summed E-state index contributed by atoms with van der Waals surface area (Å²) in [4.78, 5) is 6.77. The van der Waals surface area contributed by atoms with Gasteiger partial charge in [0, 0.05) is 46.0 Å². The maximum absolute atomic E-state index is 5.45. The summed E-state index contributed by atoms with van der Waals surface area (Å²) < 4.78 is 7.39. The fourth-order valence-corrected chi connectivity index (χ4v) is 3.16. The van der Waals surface area contributed by atoms with Crippen molar-refractivity contribution in [1.82, 2.24) is 25.3 Å². The Labute approximate surface area is 161 Å². The fourth-order valence-electron chi connectivity index (χ4n) is 3.16. The first-order valence-corrected chi connectivity index (χ1v) is 9.55. The number of nitrogens with one attached hydrogen (secondary N) is 2. The number of hydrogen-bond acceptors (Lipinski definition) is 4. The largest absolute Gasteiger partial charge is 0.379 e. The third-order valence-electron chi connectivity index (χ3n) is 4.68. The Bertz CT molecular complexity index is 736. The second kappa shape index (κ2) is 10.1. The van der Waals surface area contributed by atoms with E-state index in [1.165, 1.54) is 16.7 Å². The lowest BCUT2D eigenvalue weighted by Crippen LogP contribution is -2.39. The minimum Gasteiger partial charge on any atom is -0.379 e. The smallest absolute Gasteiger partial charge is 0.191 e. The zero-order valence-electron chi connectivity index (χ0n) is 16.3. The van der Waals surface area contributed by atoms with E-state index in [4.69, 9.17) is 4.74 Å². The van der Waals surface area contributed by atoms with Crippen molar-refractivity contribution < 1.29 is 4.74 Å². The molecule has 0 saturated carbocycles. The van der Waals surface area contributed by atoms with Gasteiger partial charge in [0.15, 0.2) is 5.96 Å². The Morgan fingerprint density at radius 2 is 1.96 bits per heavy atom. The molecule has 7 nitrogen and oxygen atoms in total. The number of benzene rings is 1. The van der Waals surface area contributed by atoms with Crippen LogP contribution in [0.25, 0.3) is 0 Å². The van der Waals surface area contributed by atoms with Crippen LogP contribution in [0.15, 0.2) is 41.7 Å². The quantitative estimate of drug-likeness (QED) is 0.570. The van der Waals surface area contributed by atoms with E-state index in [1.807, 2.05) is 24.0 Å². The van der Waals surface area contributed by atoms with Gasteiger partial charge in [-0.25, -0.2) is 0 Å². The highest BCUT2D eigenvalue weighted by atomic mass is 16.5. The third-order valence-corrected chi connectivity index (χ3v) is 4.68. The van der Waals surface area contributed by atoms with Crippen LogP contribution in [0.2, 0.25) is 0 Å². The predicted octanol–water partition coefficient (Wildman–Crippen LogP) is 1.39. The molecule has 3 rings (SSSR count). The maximum Gasteiger partial charge on any atom is 0.191 e. The van der Waals surface area contributed by atoms with Crippen LogP contribution in [0.1, 0.15) is 16.7 Å². The van der Waals surface area contributed by atoms with E-state index in [0.717, 1.165) is 58.4 Å². The van der Waals surface area contributed by atoms with Crippen molar-refractivity contribution in [3.63, 3.8) is 0 Å². The van der Waals surface area contributed by atoms with Gasteiger partial charge in [-0.1, -0.05) is 24.3 Å². The molecule has 1 saturated heterocycles. The van der Waals surface area contributed by atoms with Crippen molar-refractivity contribution >= 4 is 5.96 Å². The van der Waals surface area contributed by atoms with Crippen LogP contribution in [0.5, 0.6) is 0 Å². The minimum absolute atomic E-state index is 0.751. The van der Waals surface area contributed by atoms with Gasteiger partial charge in [-0.15, -0.1) is 0 Å². The number of aryl methyl sites for hydroxylation is 1. The fraction of sp³-hybridized carbons (Fsp3) is 0.500. The van der Waals surface area contributed by atoms with Gasteiger partial charge in [0.25, 0.3) is 0 Å². The molecular weight excluding hydrogens is 340 g/mol. The van der Waals surface area contributed by atoms with Crippen molar-refractivity contribution in [2.75, 3.05) is 39.9 Å². The molecule has 1 fully saturated rings. The number of morpholine rings is 1. The Morgan fingerprint density at radius 3 is 2.67 bits per heavy atom. The number of rotatable bonds is 7. The molecule has 7 heteroatoms. The molecule has 2 N–H and O–H groups in total. The van der Waals surface area contributed by atoms with E-state index >= 15 is 0 Å². The van der Waals surface area contributed by atoms with Crippen molar-refractivity contribution in [3.8, 4) is 0 Å². The molecule has 1 aromatic heterocycles. The summed E-state index contributed by atoms with van der Waals surface area (Å²) in [5.41, 5.74) is 3.83. The Morgan fingerprint density at radius 1 is 1.19 bits per heavy atom. The molecule has 27 heavy (non-hydrogen) atoms. The van der Waals surface area contributed by atoms with E-state index in [2.05, 4.69) is 49.9 Å². The van der Waals surface area contributed by atoms with Gasteiger partial charge in [0.1, 0.15) is 0 Å². The van der Waals surface area contributed by atoms with Crippen molar-refractivity contribution in [1.29, 1.82) is 0 Å². The average Bonchev–Trinajstić information content (AvgIpc) is 3.11. The van der Waals surface area contributed by atoms with Crippen LogP contribution in [-0.4, -0.2) is 60.5 Å². The SMILES string of the molecule is CN=C(NCCn1cc(C)cn1)NCc1ccccc1CN1CCOCC1. The number of aliphatic imine (C=N–C) groups is 1. The van der Waals surface area contributed by atoms with Gasteiger partial charge in [0.2, 0.25) is 0 Å². The summed E-state index contributed by atoms with van der Waals surface area (Å²) in [5.74, 6) is 0.806. The first kappa shape index (κ1) is 19.4. The number of nitrogens with zero attached hydrogens (tertiary/aromatic N) is 4. The van der Waals surface area contributed by atoms with E-state index in [9.17, 15) is 0 Å². The lowest BCUT2D eigenvalue weighted by Gasteiger charge is -2.27. The van der Waals surface area contributed by atoms with Crippen molar-refractivity contribution in [2.24, 2.45) is 4.99 Å². The molecule has 2 heterocycles. The minimum atomic E-state index is 0.751. The molecular formula is C20H30N6O. The van der Waals surface area contributed by atoms with Crippen molar-refractivity contribution in [3.05, 3.63) is 53.3 Å². The molecule has 1 aromatic carbocycles. The first-order valence-electron chi connectivity index (χ1n) is 9.55. The highest BCUT2D eigenvalue weighted by Gasteiger charge is 2.12. The molecule has 0 atom stereocenters. The number of aromatic nitrogens is 2. The Balaban J connectivity index is 1.48. The lowest BCUT2D eigenvalue weighted by molar-refractivity contribution is 0.0341. The molecule has 146 valence electrons. The Kier molecular flexibility index (Phi) is 7.24. The normalized spacial score (nSPS) is 15.7. The summed E-state index contributed by atoms with van der Waals surface area (Å²) in [6.45, 7) is 8.99. The standard InChI is InChI=1S/C20H30N6O/c1-17-13-24-26(15-17)8-7-22-20(21-2)23-14-18-5-3-4-6-19(18)16-25-9-11-27-12-10-25/h3-6,13,15H,7-12,14,16H2,1-2H3,(H2,21,22,23). The van der Waals surface area contributed by atoms with E-state index in [1.54, 1.807) is 7.05 Å². The molecule has 1 aliphatic heterocycles. The first-order chi connectivity index (χ1) is 13.2. The van der Waals surface area contributed by atoms with Gasteiger partial charge in [-0.05, 0) is 23.6 Å². The number of ether oxygens (including phenoxy) is 1. The summed E-state index contributed by atoms with van der Waals surface area (Å²) in [5, 5.41) is 11.1. The summed E-state index contributed by atoms with van der Waals surface area (Å²) in [6.07, 6.45) is 3.91. The topological polar surface area (TPSA) is 66.7 Å². The monoisotopic (exact) mass is 370 g/mol. The van der Waals surface area contributed by atoms with Gasteiger partial charge >= 0.3 is 0 Å². The molecule has 2 aromatic rings. The van der Waals surface area contributed by atoms with Gasteiger partial charge < -0.3 is 15.4 Å². The zero-order valence-corrected chi connectivity index (χ0v) is 16.3. The van der Waals surface area contributed by atoms with Crippen LogP contribution in [0, 0.1) is 6.92 Å². The van der Waals surface area contributed by atoms with Crippen LogP contribution in [0.3, 0.4) is 0 Å². The highest BCUT2D eigenvalue weighted by Crippen LogP contribution is 2.13. The van der Waals surface area contributed by atoms with Crippen LogP contribution in [-0.2, 0) is 24.4 Å². The molecule has 0 spiro atoms. The third kappa shape index (κ3) is 6.08. The second-order valence-corrected chi connectivity index (χ2v) is 6.79. The second-order valence-electron chi connectivity index (χ2n) is 6.79. The van der Waals surface area contributed by atoms with E-state index < -0.39 is 0 Å². The molecule has 0 bridgehead atoms. The van der Waals surface area contributed by atoms with Crippen LogP contribution in [0.4, 0.5) is 0 Å². The average molecular weight is 371 g/mol. The van der Waals surface area contributed by atoms with Gasteiger partial charge in [-0.3, -0.25) is 14.6 Å². The zero-order chi connectivity index (χ0) is 18.9. The molecule has 0 aliphatic carbocycles. The van der Waals surface area contributed by atoms with Crippen LogP contribution >= 0.6 is 0 Å². The van der Waals surface area contributed by atoms with Crippen LogP contribution < -0.4 is 10.6 Å². The molecule has 0 unspecified atom stereocenters. The predicted molar refractivity (Wildman–Crippen MR) is 108 cm³/mol.